The van der Waals surface area contributed by atoms with Crippen LogP contribution in [0.4, 0.5) is 0 Å². The van der Waals surface area contributed by atoms with Gasteiger partial charge in [0.2, 0.25) is 0 Å². The molecule has 0 aliphatic heterocycles. The van der Waals surface area contributed by atoms with Crippen molar-refractivity contribution in [1.29, 1.82) is 0 Å². The fraction of sp³-hybridized carbons (Fsp3) is 0.0204. The van der Waals surface area contributed by atoms with Crippen LogP contribution in [0.1, 0.15) is 11.1 Å². The van der Waals surface area contributed by atoms with Gasteiger partial charge in [0.15, 0.2) is 0 Å². The number of aromatic amines is 1. The van der Waals surface area contributed by atoms with Crippen LogP contribution in [0.15, 0.2) is 182 Å². The molecule has 0 unspecified atom stereocenters. The number of benzene rings is 7. The predicted octanol–water partition coefficient (Wildman–Crippen LogP) is 12.1. The molecule has 7 aromatic carbocycles. The average molecular weight is 692 g/mol. The van der Waals surface area contributed by atoms with Crippen LogP contribution in [-0.4, -0.2) is 24.1 Å². The lowest BCUT2D eigenvalue weighted by molar-refractivity contribution is 1.08. The Morgan fingerprint density at radius 2 is 1.26 bits per heavy atom. The highest BCUT2D eigenvalue weighted by Crippen LogP contribution is 2.40. The minimum atomic E-state index is 0.881. The fourth-order valence-electron chi connectivity index (χ4n) is 8.32. The minimum Gasteiger partial charge on any atom is -0.354 e. The molecular formula is C49H33N5. The van der Waals surface area contributed by atoms with Crippen molar-refractivity contribution in [3.63, 3.8) is 0 Å². The first-order valence-electron chi connectivity index (χ1n) is 18.4. The first-order chi connectivity index (χ1) is 26.8. The third kappa shape index (κ3) is 4.79. The van der Waals surface area contributed by atoms with E-state index in [1.807, 2.05) is 12.3 Å². The smallest absolute Gasteiger partial charge is 0.147 e. The maximum Gasteiger partial charge on any atom is 0.147 e. The van der Waals surface area contributed by atoms with Crippen LogP contribution in [0.5, 0.6) is 0 Å². The van der Waals surface area contributed by atoms with E-state index < -0.39 is 0 Å². The molecule has 0 saturated heterocycles. The largest absolute Gasteiger partial charge is 0.354 e. The Labute approximate surface area is 311 Å². The maximum absolute atomic E-state index is 5.53. The molecular weight excluding hydrogens is 659 g/mol. The molecule has 11 rings (SSSR count). The summed E-state index contributed by atoms with van der Waals surface area (Å²) in [6.07, 6.45) is 2.75. The second-order valence-corrected chi connectivity index (χ2v) is 13.9. The molecule has 4 aromatic heterocycles. The van der Waals surface area contributed by atoms with Gasteiger partial charge < -0.3 is 4.98 Å². The topological polar surface area (TPSA) is 51.4 Å². The molecule has 254 valence electrons. The van der Waals surface area contributed by atoms with Crippen LogP contribution in [0, 0.1) is 0 Å². The number of hydrogen-bond acceptors (Lipinski definition) is 2. The van der Waals surface area contributed by atoms with E-state index in [-0.39, 0.29) is 0 Å². The second-order valence-electron chi connectivity index (χ2n) is 13.9. The molecule has 4 heterocycles. The van der Waals surface area contributed by atoms with Gasteiger partial charge >= 0.3 is 0 Å². The third-order valence-corrected chi connectivity index (χ3v) is 10.8. The molecule has 0 radical (unpaired) electrons. The highest BCUT2D eigenvalue weighted by Gasteiger charge is 2.21. The van der Waals surface area contributed by atoms with E-state index in [2.05, 4.69) is 184 Å². The van der Waals surface area contributed by atoms with Gasteiger partial charge in [0.05, 0.1) is 27.6 Å². The molecule has 0 fully saturated rings. The van der Waals surface area contributed by atoms with Crippen LogP contribution in [0.2, 0.25) is 0 Å². The number of H-pyrrole nitrogens is 1. The molecule has 54 heavy (non-hydrogen) atoms. The summed E-state index contributed by atoms with van der Waals surface area (Å²) in [6, 6.07) is 62.6. The quantitative estimate of drug-likeness (QED) is 0.189. The van der Waals surface area contributed by atoms with Gasteiger partial charge in [-0.1, -0.05) is 115 Å². The van der Waals surface area contributed by atoms with Crippen LogP contribution in [0.25, 0.3) is 88.7 Å². The highest BCUT2D eigenvalue weighted by atomic mass is 15.1. The normalized spacial score (nSPS) is 11.8. The Morgan fingerprint density at radius 3 is 2.13 bits per heavy atom. The van der Waals surface area contributed by atoms with Crippen LogP contribution in [0.3, 0.4) is 0 Å². The average Bonchev–Trinajstić information content (AvgIpc) is 3.91. The van der Waals surface area contributed by atoms with Gasteiger partial charge in [0.25, 0.3) is 0 Å². The van der Waals surface area contributed by atoms with Crippen LogP contribution >= 0.6 is 0 Å². The van der Waals surface area contributed by atoms with Gasteiger partial charge in [0.1, 0.15) is 11.6 Å². The lowest BCUT2D eigenvalue weighted by Gasteiger charge is -2.11. The molecule has 0 bridgehead atoms. The van der Waals surface area contributed by atoms with Gasteiger partial charge in [0, 0.05) is 50.1 Å². The summed E-state index contributed by atoms with van der Waals surface area (Å²) in [5.74, 6) is 1.79. The lowest BCUT2D eigenvalue weighted by Crippen LogP contribution is -1.97. The van der Waals surface area contributed by atoms with E-state index in [0.29, 0.717) is 0 Å². The van der Waals surface area contributed by atoms with E-state index in [1.165, 1.54) is 32.7 Å². The molecule has 0 atom stereocenters. The van der Waals surface area contributed by atoms with Gasteiger partial charge in [-0.05, 0) is 83.8 Å². The summed E-state index contributed by atoms with van der Waals surface area (Å²) in [5, 5.41) is 4.81. The zero-order valence-corrected chi connectivity index (χ0v) is 29.3. The number of para-hydroxylation sites is 4. The Bertz CT molecular complexity index is 3170. The molecule has 0 spiro atoms. The zero-order chi connectivity index (χ0) is 35.6. The summed E-state index contributed by atoms with van der Waals surface area (Å²) in [4.78, 5) is 14.1. The number of pyridine rings is 1. The third-order valence-electron chi connectivity index (χ3n) is 10.8. The van der Waals surface area contributed by atoms with Gasteiger partial charge in [-0.3, -0.25) is 9.13 Å². The van der Waals surface area contributed by atoms with Crippen molar-refractivity contribution < 1.29 is 0 Å². The zero-order valence-electron chi connectivity index (χ0n) is 29.3. The predicted molar refractivity (Wildman–Crippen MR) is 223 cm³/mol. The lowest BCUT2D eigenvalue weighted by atomic mass is 10.0. The van der Waals surface area contributed by atoms with Crippen molar-refractivity contribution >= 4 is 54.6 Å². The summed E-state index contributed by atoms with van der Waals surface area (Å²) in [5.41, 5.74) is 13.4. The molecule has 5 nitrogen and oxygen atoms in total. The Kier molecular flexibility index (Phi) is 6.85. The van der Waals surface area contributed by atoms with Crippen molar-refractivity contribution in [3.05, 3.63) is 193 Å². The summed E-state index contributed by atoms with van der Waals surface area (Å²) >= 11 is 0. The van der Waals surface area contributed by atoms with Crippen molar-refractivity contribution in [3.8, 4) is 34.0 Å². The van der Waals surface area contributed by atoms with Crippen molar-refractivity contribution in [1.82, 2.24) is 24.1 Å². The van der Waals surface area contributed by atoms with E-state index in [9.17, 15) is 0 Å². The van der Waals surface area contributed by atoms with Crippen LogP contribution < -0.4 is 0 Å². The molecule has 1 N–H and O–H groups in total. The van der Waals surface area contributed by atoms with Crippen molar-refractivity contribution in [2.75, 3.05) is 0 Å². The summed E-state index contributed by atoms with van der Waals surface area (Å²) in [7, 11) is 0. The van der Waals surface area contributed by atoms with Crippen molar-refractivity contribution in [2.45, 2.75) is 6.42 Å². The number of nitrogens with zero attached hydrogens (tertiary/aromatic N) is 4. The monoisotopic (exact) mass is 691 g/mol. The maximum atomic E-state index is 5.53. The van der Waals surface area contributed by atoms with Crippen LogP contribution in [-0.2, 0) is 6.42 Å². The number of rotatable bonds is 6. The molecule has 0 aliphatic rings. The first-order valence-corrected chi connectivity index (χ1v) is 18.4. The number of aromatic nitrogens is 5. The Morgan fingerprint density at radius 1 is 0.481 bits per heavy atom. The standard InChI is InChI=1S/C49H33N5/c1-3-13-32(14-4-1)29-33-24-27-43-41(30-33)38-26-25-34(31-45(38)54(43)46-23-9-10-28-50-46)36-18-12-22-44-48(36)52-49(53(44)35-15-5-2-6-16-35)40-20-11-19-39-37-17-7-8-21-42(37)51-47(39)40/h1-28,30-31,51H,29H2. The van der Waals surface area contributed by atoms with E-state index in [4.69, 9.17) is 9.97 Å². The minimum absolute atomic E-state index is 0.881. The molecule has 0 amide bonds. The number of fused-ring (bicyclic) bond motifs is 7. The fourth-order valence-corrected chi connectivity index (χ4v) is 8.32. The van der Waals surface area contributed by atoms with E-state index >= 15 is 0 Å². The first kappa shape index (κ1) is 30.4. The Balaban J connectivity index is 1.14. The van der Waals surface area contributed by atoms with E-state index in [1.54, 1.807) is 0 Å². The Hall–Kier alpha value is -7.24. The number of nitrogens with one attached hydrogen (secondary N) is 1. The highest BCUT2D eigenvalue weighted by molar-refractivity contribution is 6.13. The molecule has 5 heteroatoms. The number of imidazole rings is 1. The van der Waals surface area contributed by atoms with Crippen molar-refractivity contribution in [2.24, 2.45) is 0 Å². The van der Waals surface area contributed by atoms with Gasteiger partial charge in [-0.25, -0.2) is 9.97 Å². The molecule has 0 aliphatic carbocycles. The SMILES string of the molecule is c1ccc(Cc2ccc3c(c2)c2ccc(-c4cccc5c4nc(-c4cccc6c4[nH]c4ccccc46)n5-c4ccccc4)cc2n3-c2ccccn2)cc1. The molecule has 0 saturated carbocycles. The summed E-state index contributed by atoms with van der Waals surface area (Å²) < 4.78 is 4.60. The summed E-state index contributed by atoms with van der Waals surface area (Å²) in [6.45, 7) is 0. The van der Waals surface area contributed by atoms with Gasteiger partial charge in [-0.2, -0.15) is 0 Å². The number of hydrogen-bond donors (Lipinski definition) is 1. The van der Waals surface area contributed by atoms with Gasteiger partial charge in [-0.15, -0.1) is 0 Å². The second kappa shape index (κ2) is 12.2. The molecule has 11 aromatic rings. The van der Waals surface area contributed by atoms with E-state index in [0.717, 1.165) is 73.5 Å².